The Morgan fingerprint density at radius 1 is 1.38 bits per heavy atom. The van der Waals surface area contributed by atoms with Crippen molar-refractivity contribution >= 4 is 34.7 Å². The van der Waals surface area contributed by atoms with Crippen molar-refractivity contribution in [2.45, 2.75) is 13.8 Å². The Hall–Kier alpha value is -1.83. The van der Waals surface area contributed by atoms with Crippen molar-refractivity contribution in [2.75, 3.05) is 6.61 Å². The zero-order chi connectivity index (χ0) is 15.2. The molecule has 1 aromatic heterocycles. The standard InChI is InChI=1S/C15H15IN2O3/c1-10-3-5-13(11(2)7-10)20-9-15(19)18-17-8-12-4-6-14(16)21-12/h3-8H,9H2,1-2H3,(H,18,19)/b17-8-. The Morgan fingerprint density at radius 2 is 2.19 bits per heavy atom. The third-order valence-corrected chi connectivity index (χ3v) is 3.24. The van der Waals surface area contributed by atoms with Crippen molar-refractivity contribution in [2.24, 2.45) is 5.10 Å². The number of rotatable bonds is 5. The molecule has 0 aliphatic carbocycles. The molecule has 2 aromatic rings. The van der Waals surface area contributed by atoms with Gasteiger partial charge in [0.25, 0.3) is 5.91 Å². The van der Waals surface area contributed by atoms with E-state index in [1.807, 2.05) is 38.1 Å². The predicted octanol–water partition coefficient (Wildman–Crippen LogP) is 3.03. The van der Waals surface area contributed by atoms with E-state index in [4.69, 9.17) is 9.15 Å². The Labute approximate surface area is 136 Å². The minimum atomic E-state index is -0.326. The fourth-order valence-electron chi connectivity index (χ4n) is 1.70. The van der Waals surface area contributed by atoms with E-state index in [1.165, 1.54) is 6.21 Å². The van der Waals surface area contributed by atoms with Gasteiger partial charge in [-0.3, -0.25) is 4.79 Å². The van der Waals surface area contributed by atoms with Crippen molar-refractivity contribution in [3.05, 3.63) is 51.0 Å². The number of nitrogens with one attached hydrogen (secondary N) is 1. The van der Waals surface area contributed by atoms with E-state index in [9.17, 15) is 4.79 Å². The molecule has 0 saturated heterocycles. The number of hydrazone groups is 1. The third kappa shape index (κ3) is 4.89. The molecule has 0 atom stereocenters. The summed E-state index contributed by atoms with van der Waals surface area (Å²) in [6.45, 7) is 3.86. The van der Waals surface area contributed by atoms with E-state index >= 15 is 0 Å². The van der Waals surface area contributed by atoms with Crippen LogP contribution in [-0.4, -0.2) is 18.7 Å². The van der Waals surface area contributed by atoms with Gasteiger partial charge in [0.2, 0.25) is 0 Å². The van der Waals surface area contributed by atoms with Gasteiger partial charge >= 0.3 is 0 Å². The van der Waals surface area contributed by atoms with Gasteiger partial charge in [-0.25, -0.2) is 5.43 Å². The molecule has 0 bridgehead atoms. The average Bonchev–Trinajstić information content (AvgIpc) is 2.83. The largest absolute Gasteiger partial charge is 0.483 e. The topological polar surface area (TPSA) is 63.8 Å². The number of amides is 1. The van der Waals surface area contributed by atoms with E-state index in [0.29, 0.717) is 11.5 Å². The molecule has 2 rings (SSSR count). The summed E-state index contributed by atoms with van der Waals surface area (Å²) in [5, 5.41) is 3.80. The number of aryl methyl sites for hydroxylation is 2. The van der Waals surface area contributed by atoms with Crippen LogP contribution in [0.4, 0.5) is 0 Å². The minimum absolute atomic E-state index is 0.0864. The molecular weight excluding hydrogens is 383 g/mol. The Morgan fingerprint density at radius 3 is 2.86 bits per heavy atom. The molecule has 1 N–H and O–H groups in total. The van der Waals surface area contributed by atoms with Crippen LogP contribution in [-0.2, 0) is 4.79 Å². The number of benzene rings is 1. The lowest BCUT2D eigenvalue weighted by Crippen LogP contribution is -2.24. The fraction of sp³-hybridized carbons (Fsp3) is 0.200. The maximum Gasteiger partial charge on any atom is 0.277 e. The number of nitrogens with zero attached hydrogens (tertiary/aromatic N) is 1. The number of carbonyl (C=O) groups is 1. The van der Waals surface area contributed by atoms with Crippen LogP contribution in [0.2, 0.25) is 0 Å². The maximum atomic E-state index is 11.6. The van der Waals surface area contributed by atoms with E-state index in [1.54, 1.807) is 6.07 Å². The molecule has 1 amide bonds. The number of hydrogen-bond donors (Lipinski definition) is 1. The van der Waals surface area contributed by atoms with Crippen molar-refractivity contribution < 1.29 is 13.9 Å². The second-order valence-electron chi connectivity index (χ2n) is 4.49. The third-order valence-electron chi connectivity index (χ3n) is 2.66. The summed E-state index contributed by atoms with van der Waals surface area (Å²) >= 11 is 2.06. The van der Waals surface area contributed by atoms with Gasteiger partial charge < -0.3 is 9.15 Å². The predicted molar refractivity (Wildman–Crippen MR) is 88.6 cm³/mol. The lowest BCUT2D eigenvalue weighted by Gasteiger charge is -2.08. The molecule has 0 radical (unpaired) electrons. The molecule has 1 heterocycles. The number of furan rings is 1. The van der Waals surface area contributed by atoms with Crippen LogP contribution in [0.25, 0.3) is 0 Å². The van der Waals surface area contributed by atoms with Crippen LogP contribution >= 0.6 is 22.6 Å². The van der Waals surface area contributed by atoms with Crippen molar-refractivity contribution in [3.8, 4) is 5.75 Å². The van der Waals surface area contributed by atoms with Gasteiger partial charge in [0.1, 0.15) is 11.5 Å². The van der Waals surface area contributed by atoms with Gasteiger partial charge in [-0.05, 0) is 60.2 Å². The zero-order valence-electron chi connectivity index (χ0n) is 11.7. The molecule has 0 fully saturated rings. The van der Waals surface area contributed by atoms with Gasteiger partial charge in [-0.15, -0.1) is 0 Å². The Balaban J connectivity index is 1.81. The second-order valence-corrected chi connectivity index (χ2v) is 5.56. The van der Waals surface area contributed by atoms with Gasteiger partial charge in [0.05, 0.1) is 6.21 Å². The second kappa shape index (κ2) is 7.26. The molecular formula is C15H15IN2O3. The lowest BCUT2D eigenvalue weighted by atomic mass is 10.1. The number of carbonyl (C=O) groups excluding carboxylic acids is 1. The highest BCUT2D eigenvalue weighted by atomic mass is 127. The summed E-state index contributed by atoms with van der Waals surface area (Å²) in [5.74, 6) is 0.947. The highest BCUT2D eigenvalue weighted by molar-refractivity contribution is 14.1. The first kappa shape index (κ1) is 15.6. The monoisotopic (exact) mass is 398 g/mol. The SMILES string of the molecule is Cc1ccc(OCC(=O)N/N=C\c2ccc(I)o2)c(C)c1. The van der Waals surface area contributed by atoms with Gasteiger partial charge in [-0.1, -0.05) is 17.7 Å². The van der Waals surface area contributed by atoms with Gasteiger partial charge in [0.15, 0.2) is 10.4 Å². The highest BCUT2D eigenvalue weighted by Gasteiger charge is 2.04. The maximum absolute atomic E-state index is 11.6. The molecule has 0 aliphatic heterocycles. The number of halogens is 1. The summed E-state index contributed by atoms with van der Waals surface area (Å²) in [6.07, 6.45) is 1.44. The molecule has 1 aromatic carbocycles. The number of ether oxygens (including phenoxy) is 1. The van der Waals surface area contributed by atoms with Gasteiger partial charge in [-0.2, -0.15) is 5.10 Å². The summed E-state index contributed by atoms with van der Waals surface area (Å²) in [7, 11) is 0. The van der Waals surface area contributed by atoms with Crippen LogP contribution in [0, 0.1) is 17.6 Å². The molecule has 5 nitrogen and oxygen atoms in total. The molecule has 0 aliphatic rings. The minimum Gasteiger partial charge on any atom is -0.483 e. The number of hydrogen-bond acceptors (Lipinski definition) is 4. The fourth-order valence-corrected chi connectivity index (χ4v) is 2.14. The summed E-state index contributed by atoms with van der Waals surface area (Å²) in [4.78, 5) is 11.6. The Bertz CT molecular complexity index is 665. The molecule has 110 valence electrons. The Kier molecular flexibility index (Phi) is 5.38. The van der Waals surface area contributed by atoms with E-state index in [2.05, 4.69) is 33.1 Å². The van der Waals surface area contributed by atoms with Crippen LogP contribution < -0.4 is 10.2 Å². The van der Waals surface area contributed by atoms with E-state index in [-0.39, 0.29) is 12.5 Å². The molecule has 21 heavy (non-hydrogen) atoms. The van der Waals surface area contributed by atoms with Gasteiger partial charge in [0, 0.05) is 0 Å². The molecule has 0 saturated carbocycles. The first-order valence-corrected chi connectivity index (χ1v) is 7.40. The normalized spacial score (nSPS) is 10.8. The van der Waals surface area contributed by atoms with E-state index < -0.39 is 0 Å². The van der Waals surface area contributed by atoms with Crippen LogP contribution in [0.3, 0.4) is 0 Å². The average molecular weight is 398 g/mol. The van der Waals surface area contributed by atoms with Crippen molar-refractivity contribution in [3.63, 3.8) is 0 Å². The molecule has 6 heteroatoms. The summed E-state index contributed by atoms with van der Waals surface area (Å²) in [5.41, 5.74) is 4.54. The summed E-state index contributed by atoms with van der Waals surface area (Å²) < 4.78 is 11.5. The van der Waals surface area contributed by atoms with Crippen molar-refractivity contribution in [1.82, 2.24) is 5.43 Å². The first-order chi connectivity index (χ1) is 10.0. The van der Waals surface area contributed by atoms with Crippen molar-refractivity contribution in [1.29, 1.82) is 0 Å². The quantitative estimate of drug-likeness (QED) is 0.479. The van der Waals surface area contributed by atoms with Crippen LogP contribution in [0.15, 0.2) is 39.9 Å². The lowest BCUT2D eigenvalue weighted by molar-refractivity contribution is -0.123. The smallest absolute Gasteiger partial charge is 0.277 e. The summed E-state index contributed by atoms with van der Waals surface area (Å²) in [6, 6.07) is 9.38. The molecule has 0 spiro atoms. The van der Waals surface area contributed by atoms with Crippen LogP contribution in [0.1, 0.15) is 16.9 Å². The highest BCUT2D eigenvalue weighted by Crippen LogP contribution is 2.18. The van der Waals surface area contributed by atoms with Crippen LogP contribution in [0.5, 0.6) is 5.75 Å². The molecule has 0 unspecified atom stereocenters. The van der Waals surface area contributed by atoms with E-state index in [0.717, 1.165) is 14.9 Å². The first-order valence-electron chi connectivity index (χ1n) is 6.32. The zero-order valence-corrected chi connectivity index (χ0v) is 13.9.